The van der Waals surface area contributed by atoms with Gasteiger partial charge in [-0.1, -0.05) is 48.5 Å². The van der Waals surface area contributed by atoms with Crippen LogP contribution >= 0.6 is 0 Å². The van der Waals surface area contributed by atoms with Crippen LogP contribution < -0.4 is 4.74 Å². The highest BCUT2D eigenvalue weighted by atomic mass is 16.5. The number of hydrogen-bond donors (Lipinski definition) is 0. The molecule has 2 aromatic carbocycles. The molecule has 1 amide bonds. The van der Waals surface area contributed by atoms with Crippen LogP contribution in [0.25, 0.3) is 0 Å². The van der Waals surface area contributed by atoms with Crippen LogP contribution in [0.4, 0.5) is 0 Å². The fourth-order valence-electron chi connectivity index (χ4n) is 3.05. The molecule has 1 fully saturated rings. The number of para-hydroxylation sites is 1. The van der Waals surface area contributed by atoms with Gasteiger partial charge in [0, 0.05) is 19.2 Å². The first-order valence-corrected chi connectivity index (χ1v) is 8.65. The van der Waals surface area contributed by atoms with Gasteiger partial charge in [-0.05, 0) is 24.5 Å². The van der Waals surface area contributed by atoms with Gasteiger partial charge in [0.05, 0.1) is 12.5 Å². The summed E-state index contributed by atoms with van der Waals surface area (Å²) in [6, 6.07) is 17.1. The van der Waals surface area contributed by atoms with E-state index in [2.05, 4.69) is 0 Å². The molecule has 2 aromatic rings. The molecule has 1 aliphatic carbocycles. The number of methoxy groups -OCH3 is 1. The minimum atomic E-state index is -0.567. The first kappa shape index (κ1) is 18.0. The number of likely N-dealkylation sites (N-methyl/N-ethyl adjacent to an activating group) is 1. The molecule has 0 radical (unpaired) electrons. The lowest BCUT2D eigenvalue weighted by atomic mass is 9.96. The second-order valence-corrected chi connectivity index (χ2v) is 6.59. The second kappa shape index (κ2) is 7.60. The van der Waals surface area contributed by atoms with Crippen LogP contribution in [0.2, 0.25) is 0 Å². The van der Waals surface area contributed by atoms with Gasteiger partial charge < -0.3 is 14.4 Å². The summed E-state index contributed by atoms with van der Waals surface area (Å²) in [4.78, 5) is 26.4. The lowest BCUT2D eigenvalue weighted by molar-refractivity contribution is -0.154. The highest BCUT2D eigenvalue weighted by molar-refractivity contribution is 5.88. The Morgan fingerprint density at radius 1 is 1.04 bits per heavy atom. The Bertz CT molecular complexity index is 784. The number of hydrogen-bond acceptors (Lipinski definition) is 4. The molecule has 3 rings (SSSR count). The van der Waals surface area contributed by atoms with Crippen molar-refractivity contribution in [1.82, 2.24) is 4.90 Å². The zero-order valence-corrected chi connectivity index (χ0v) is 15.1. The van der Waals surface area contributed by atoms with Crippen molar-refractivity contribution in [3.05, 3.63) is 65.7 Å². The highest BCUT2D eigenvalue weighted by Crippen LogP contribution is 2.49. The average Bonchev–Trinajstić information content (AvgIpc) is 3.49. The lowest BCUT2D eigenvalue weighted by Crippen LogP contribution is -2.33. The van der Waals surface area contributed by atoms with Crippen LogP contribution in [0.15, 0.2) is 54.6 Å². The van der Waals surface area contributed by atoms with E-state index in [1.54, 1.807) is 14.2 Å². The number of amides is 1. The molecule has 1 aliphatic rings. The van der Waals surface area contributed by atoms with Crippen LogP contribution in [-0.2, 0) is 26.3 Å². The van der Waals surface area contributed by atoms with Crippen molar-refractivity contribution in [2.24, 2.45) is 0 Å². The molecular formula is C21H23NO4. The van der Waals surface area contributed by atoms with E-state index in [1.165, 1.54) is 4.90 Å². The van der Waals surface area contributed by atoms with Crippen molar-refractivity contribution in [1.29, 1.82) is 0 Å². The Balaban J connectivity index is 1.56. The molecule has 0 aliphatic heterocycles. The van der Waals surface area contributed by atoms with Crippen LogP contribution in [-0.4, -0.2) is 37.5 Å². The number of carbonyl (C=O) groups is 2. The molecular weight excluding hydrogens is 330 g/mol. The largest absolute Gasteiger partial charge is 0.496 e. The van der Waals surface area contributed by atoms with Gasteiger partial charge in [-0.25, -0.2) is 0 Å². The summed E-state index contributed by atoms with van der Waals surface area (Å²) >= 11 is 0. The van der Waals surface area contributed by atoms with Gasteiger partial charge in [0.25, 0.3) is 5.91 Å². The van der Waals surface area contributed by atoms with E-state index in [4.69, 9.17) is 9.47 Å². The van der Waals surface area contributed by atoms with Gasteiger partial charge in [-0.15, -0.1) is 0 Å². The quantitative estimate of drug-likeness (QED) is 0.718. The van der Waals surface area contributed by atoms with Gasteiger partial charge in [0.1, 0.15) is 5.75 Å². The predicted octanol–water partition coefficient (Wildman–Crippen LogP) is 2.93. The van der Waals surface area contributed by atoms with Crippen LogP contribution in [0.3, 0.4) is 0 Å². The van der Waals surface area contributed by atoms with Gasteiger partial charge in [0.2, 0.25) is 0 Å². The van der Waals surface area contributed by atoms with E-state index in [0.29, 0.717) is 6.54 Å². The van der Waals surface area contributed by atoms with Crippen molar-refractivity contribution >= 4 is 11.9 Å². The molecule has 26 heavy (non-hydrogen) atoms. The Kier molecular flexibility index (Phi) is 5.26. The number of benzene rings is 2. The van der Waals surface area contributed by atoms with Crippen LogP contribution in [0.5, 0.6) is 5.75 Å². The molecule has 0 spiro atoms. The first-order valence-electron chi connectivity index (χ1n) is 8.65. The topological polar surface area (TPSA) is 55.8 Å². The maximum Gasteiger partial charge on any atom is 0.317 e. The third-order valence-electron chi connectivity index (χ3n) is 4.82. The summed E-state index contributed by atoms with van der Waals surface area (Å²) in [5.41, 5.74) is 1.29. The average molecular weight is 353 g/mol. The minimum Gasteiger partial charge on any atom is -0.496 e. The lowest BCUT2D eigenvalue weighted by Gasteiger charge is -2.20. The standard InChI is InChI=1S/C21H23NO4/c1-22(14-16-8-6-7-11-18(16)25-2)19(23)15-26-20(24)21(12-13-21)17-9-4-3-5-10-17/h3-11H,12-15H2,1-2H3. The Morgan fingerprint density at radius 3 is 2.35 bits per heavy atom. The summed E-state index contributed by atoms with van der Waals surface area (Å²) in [6.07, 6.45) is 1.53. The maximum absolute atomic E-state index is 12.5. The molecule has 0 heterocycles. The summed E-state index contributed by atoms with van der Waals surface area (Å²) < 4.78 is 10.6. The van der Waals surface area contributed by atoms with E-state index in [-0.39, 0.29) is 18.5 Å². The molecule has 0 N–H and O–H groups in total. The first-order chi connectivity index (χ1) is 12.6. The monoisotopic (exact) mass is 353 g/mol. The summed E-state index contributed by atoms with van der Waals surface area (Å²) in [7, 11) is 3.29. The molecule has 5 nitrogen and oxygen atoms in total. The number of rotatable bonds is 7. The molecule has 0 bridgehead atoms. The van der Waals surface area contributed by atoms with Gasteiger partial charge in [-0.2, -0.15) is 0 Å². The van der Waals surface area contributed by atoms with Gasteiger partial charge in [-0.3, -0.25) is 9.59 Å². The number of esters is 1. The molecule has 0 aromatic heterocycles. The van der Waals surface area contributed by atoms with Crippen molar-refractivity contribution in [3.63, 3.8) is 0 Å². The number of carbonyl (C=O) groups excluding carboxylic acids is 2. The third kappa shape index (κ3) is 3.72. The fraction of sp³-hybridized carbons (Fsp3) is 0.333. The summed E-state index contributed by atoms with van der Waals surface area (Å²) in [6.45, 7) is 0.142. The minimum absolute atomic E-state index is 0.242. The van der Waals surface area contributed by atoms with E-state index in [0.717, 1.165) is 29.7 Å². The van der Waals surface area contributed by atoms with Gasteiger partial charge in [0.15, 0.2) is 6.61 Å². The fourth-order valence-corrected chi connectivity index (χ4v) is 3.05. The third-order valence-corrected chi connectivity index (χ3v) is 4.82. The van der Waals surface area contributed by atoms with Crippen molar-refractivity contribution in [3.8, 4) is 5.75 Å². The smallest absolute Gasteiger partial charge is 0.317 e. The van der Waals surface area contributed by atoms with E-state index < -0.39 is 5.41 Å². The molecule has 1 saturated carbocycles. The van der Waals surface area contributed by atoms with Crippen molar-refractivity contribution in [2.75, 3.05) is 20.8 Å². The van der Waals surface area contributed by atoms with E-state index in [9.17, 15) is 9.59 Å². The van der Waals surface area contributed by atoms with E-state index >= 15 is 0 Å². The normalized spacial score (nSPS) is 14.4. The number of ether oxygens (including phenoxy) is 2. The van der Waals surface area contributed by atoms with Crippen molar-refractivity contribution < 1.29 is 19.1 Å². The molecule has 0 saturated heterocycles. The molecule has 136 valence electrons. The molecule has 0 unspecified atom stereocenters. The maximum atomic E-state index is 12.5. The van der Waals surface area contributed by atoms with Crippen LogP contribution in [0.1, 0.15) is 24.0 Å². The van der Waals surface area contributed by atoms with Crippen LogP contribution in [0, 0.1) is 0 Å². The molecule has 0 atom stereocenters. The second-order valence-electron chi connectivity index (χ2n) is 6.59. The number of nitrogens with zero attached hydrogens (tertiary/aromatic N) is 1. The molecule has 5 heteroatoms. The van der Waals surface area contributed by atoms with E-state index in [1.807, 2.05) is 54.6 Å². The highest BCUT2D eigenvalue weighted by Gasteiger charge is 2.52. The summed E-state index contributed by atoms with van der Waals surface area (Å²) in [5, 5.41) is 0. The Hall–Kier alpha value is -2.82. The Morgan fingerprint density at radius 2 is 1.69 bits per heavy atom. The SMILES string of the molecule is COc1ccccc1CN(C)C(=O)COC(=O)C1(c2ccccc2)CC1. The Labute approximate surface area is 153 Å². The zero-order valence-electron chi connectivity index (χ0n) is 15.1. The van der Waals surface area contributed by atoms with Gasteiger partial charge >= 0.3 is 5.97 Å². The zero-order chi connectivity index (χ0) is 18.6. The summed E-state index contributed by atoms with van der Waals surface area (Å²) in [5.74, 6) is 0.168. The van der Waals surface area contributed by atoms with Crippen molar-refractivity contribution in [2.45, 2.75) is 24.8 Å². The predicted molar refractivity (Wildman–Crippen MR) is 97.8 cm³/mol.